The normalized spacial score (nSPS) is 26.6. The van der Waals surface area contributed by atoms with Crippen LogP contribution >= 0.6 is 0 Å². The zero-order valence-corrected chi connectivity index (χ0v) is 11.5. The average Bonchev–Trinajstić information content (AvgIpc) is 2.67. The van der Waals surface area contributed by atoms with Crippen LogP contribution in [0.2, 0.25) is 0 Å². The van der Waals surface area contributed by atoms with Crippen molar-refractivity contribution < 1.29 is 4.74 Å². The number of hydrogen-bond acceptors (Lipinski definition) is 2. The van der Waals surface area contributed by atoms with Gasteiger partial charge in [0.2, 0.25) is 0 Å². The Morgan fingerprint density at radius 2 is 1.71 bits per heavy atom. The lowest BCUT2D eigenvalue weighted by molar-refractivity contribution is -0.0221. The fourth-order valence-corrected chi connectivity index (χ4v) is 3.77. The number of nitrogens with one attached hydrogen (secondary N) is 1. The van der Waals surface area contributed by atoms with E-state index in [-0.39, 0.29) is 0 Å². The molecule has 2 aliphatic rings. The van der Waals surface area contributed by atoms with Gasteiger partial charge in [0.05, 0.1) is 0 Å². The maximum Gasteiger partial charge on any atom is 0.0471 e. The fourth-order valence-electron chi connectivity index (χ4n) is 3.77. The molecular weight excluding hydrogens is 210 g/mol. The topological polar surface area (TPSA) is 21.3 Å². The first kappa shape index (κ1) is 13.4. The summed E-state index contributed by atoms with van der Waals surface area (Å²) in [5, 5.41) is 3.62. The molecule has 1 aliphatic heterocycles. The van der Waals surface area contributed by atoms with Gasteiger partial charge in [0.15, 0.2) is 0 Å². The lowest BCUT2D eigenvalue weighted by Gasteiger charge is -2.44. The largest absolute Gasteiger partial charge is 0.381 e. The van der Waals surface area contributed by atoms with Gasteiger partial charge in [-0.1, -0.05) is 32.6 Å². The predicted molar refractivity (Wildman–Crippen MR) is 72.2 cm³/mol. The number of ether oxygens (including phenoxy) is 1. The summed E-state index contributed by atoms with van der Waals surface area (Å²) < 4.78 is 5.60. The van der Waals surface area contributed by atoms with Crippen LogP contribution in [0.25, 0.3) is 0 Å². The highest BCUT2D eigenvalue weighted by Crippen LogP contribution is 2.44. The van der Waals surface area contributed by atoms with E-state index < -0.39 is 0 Å². The third-order valence-corrected chi connectivity index (χ3v) is 4.94. The van der Waals surface area contributed by atoms with Gasteiger partial charge in [0.25, 0.3) is 0 Å². The summed E-state index contributed by atoms with van der Waals surface area (Å²) in [6.45, 7) is 6.52. The Bertz CT molecular complexity index is 203. The van der Waals surface area contributed by atoms with Gasteiger partial charge >= 0.3 is 0 Å². The molecule has 1 aliphatic carbocycles. The van der Waals surface area contributed by atoms with Crippen molar-refractivity contribution in [1.29, 1.82) is 0 Å². The van der Waals surface area contributed by atoms with E-state index in [9.17, 15) is 0 Å². The van der Waals surface area contributed by atoms with Gasteiger partial charge in [0, 0.05) is 19.8 Å². The van der Waals surface area contributed by atoms with E-state index in [2.05, 4.69) is 12.2 Å². The second kappa shape index (κ2) is 6.75. The van der Waals surface area contributed by atoms with E-state index in [1.165, 1.54) is 57.9 Å². The molecule has 1 N–H and O–H groups in total. The Kier molecular flexibility index (Phi) is 5.30. The van der Waals surface area contributed by atoms with Gasteiger partial charge in [-0.15, -0.1) is 0 Å². The molecule has 0 aromatic heterocycles. The smallest absolute Gasteiger partial charge is 0.0471 e. The summed E-state index contributed by atoms with van der Waals surface area (Å²) in [5.41, 5.74) is 0.554. The minimum atomic E-state index is 0.554. The third-order valence-electron chi connectivity index (χ3n) is 4.94. The Labute approximate surface area is 107 Å². The summed E-state index contributed by atoms with van der Waals surface area (Å²) in [6.07, 6.45) is 11.3. The zero-order chi connectivity index (χ0) is 12.0. The molecule has 0 aromatic rings. The Morgan fingerprint density at radius 3 is 2.29 bits per heavy atom. The zero-order valence-electron chi connectivity index (χ0n) is 11.5. The molecule has 0 bridgehead atoms. The minimum Gasteiger partial charge on any atom is -0.381 e. The van der Waals surface area contributed by atoms with Gasteiger partial charge in [-0.25, -0.2) is 0 Å². The van der Waals surface area contributed by atoms with Crippen LogP contribution < -0.4 is 5.32 Å². The van der Waals surface area contributed by atoms with Crippen molar-refractivity contribution in [2.24, 2.45) is 11.3 Å². The highest BCUT2D eigenvalue weighted by atomic mass is 16.5. The summed E-state index contributed by atoms with van der Waals surface area (Å²) in [5.74, 6) is 0.952. The van der Waals surface area contributed by atoms with Crippen molar-refractivity contribution in [3.05, 3.63) is 0 Å². The lowest BCUT2D eigenvalue weighted by Crippen LogP contribution is -2.44. The van der Waals surface area contributed by atoms with Crippen molar-refractivity contribution >= 4 is 0 Å². The minimum absolute atomic E-state index is 0.554. The van der Waals surface area contributed by atoms with Gasteiger partial charge < -0.3 is 10.1 Å². The first-order valence-electron chi connectivity index (χ1n) is 7.66. The molecular formula is C15H29NO. The number of rotatable bonds is 4. The maximum absolute atomic E-state index is 5.60. The van der Waals surface area contributed by atoms with Crippen LogP contribution in [0.3, 0.4) is 0 Å². The van der Waals surface area contributed by atoms with Crippen molar-refractivity contribution in [2.45, 2.75) is 58.3 Å². The van der Waals surface area contributed by atoms with Crippen LogP contribution in [-0.4, -0.2) is 26.3 Å². The molecule has 0 aromatic carbocycles. The van der Waals surface area contributed by atoms with E-state index in [0.29, 0.717) is 5.41 Å². The molecule has 1 saturated heterocycles. The van der Waals surface area contributed by atoms with Gasteiger partial charge in [-0.3, -0.25) is 0 Å². The molecule has 0 spiro atoms. The van der Waals surface area contributed by atoms with E-state index in [0.717, 1.165) is 25.7 Å². The summed E-state index contributed by atoms with van der Waals surface area (Å²) >= 11 is 0. The third kappa shape index (κ3) is 3.45. The first-order chi connectivity index (χ1) is 8.37. The quantitative estimate of drug-likeness (QED) is 0.760. The second-order valence-electron chi connectivity index (χ2n) is 5.94. The van der Waals surface area contributed by atoms with Crippen LogP contribution in [0.5, 0.6) is 0 Å². The van der Waals surface area contributed by atoms with E-state index in [1.807, 2.05) is 0 Å². The summed E-state index contributed by atoms with van der Waals surface area (Å²) in [4.78, 5) is 0. The standard InChI is InChI=1S/C15H29NO/c1-2-16-13-15(9-11-17-12-10-15)14-7-5-3-4-6-8-14/h14,16H,2-13H2,1H3. The van der Waals surface area contributed by atoms with Gasteiger partial charge in [0.1, 0.15) is 0 Å². The van der Waals surface area contributed by atoms with Gasteiger partial charge in [-0.2, -0.15) is 0 Å². The van der Waals surface area contributed by atoms with Crippen molar-refractivity contribution in [1.82, 2.24) is 5.32 Å². The molecule has 17 heavy (non-hydrogen) atoms. The molecule has 2 fully saturated rings. The van der Waals surface area contributed by atoms with Crippen LogP contribution in [0.1, 0.15) is 58.3 Å². The summed E-state index contributed by atoms with van der Waals surface area (Å²) in [7, 11) is 0. The summed E-state index contributed by atoms with van der Waals surface area (Å²) in [6, 6.07) is 0. The van der Waals surface area contributed by atoms with E-state index in [1.54, 1.807) is 0 Å². The fraction of sp³-hybridized carbons (Fsp3) is 1.00. The SMILES string of the molecule is CCNCC1(C2CCCCCC2)CCOCC1. The molecule has 0 radical (unpaired) electrons. The highest BCUT2D eigenvalue weighted by Gasteiger charge is 2.39. The Morgan fingerprint density at radius 1 is 1.06 bits per heavy atom. The molecule has 100 valence electrons. The molecule has 1 heterocycles. The lowest BCUT2D eigenvalue weighted by atomic mass is 9.67. The van der Waals surface area contributed by atoms with E-state index in [4.69, 9.17) is 4.74 Å². The molecule has 2 heteroatoms. The van der Waals surface area contributed by atoms with Crippen LogP contribution in [0.15, 0.2) is 0 Å². The molecule has 1 saturated carbocycles. The Hall–Kier alpha value is -0.0800. The monoisotopic (exact) mass is 239 g/mol. The van der Waals surface area contributed by atoms with Crippen molar-refractivity contribution in [3.63, 3.8) is 0 Å². The first-order valence-corrected chi connectivity index (χ1v) is 7.66. The molecule has 2 rings (SSSR count). The van der Waals surface area contributed by atoms with Crippen molar-refractivity contribution in [2.75, 3.05) is 26.3 Å². The molecule has 2 nitrogen and oxygen atoms in total. The molecule has 0 amide bonds. The van der Waals surface area contributed by atoms with Crippen LogP contribution in [0, 0.1) is 11.3 Å². The van der Waals surface area contributed by atoms with Gasteiger partial charge in [-0.05, 0) is 43.6 Å². The maximum atomic E-state index is 5.60. The molecule has 0 atom stereocenters. The van der Waals surface area contributed by atoms with Crippen LogP contribution in [0.4, 0.5) is 0 Å². The van der Waals surface area contributed by atoms with E-state index >= 15 is 0 Å². The predicted octanol–water partition coefficient (Wildman–Crippen LogP) is 3.36. The number of hydrogen-bond donors (Lipinski definition) is 1. The average molecular weight is 239 g/mol. The molecule has 0 unspecified atom stereocenters. The Balaban J connectivity index is 2.01. The second-order valence-corrected chi connectivity index (χ2v) is 5.94. The van der Waals surface area contributed by atoms with Crippen LogP contribution in [-0.2, 0) is 4.74 Å². The highest BCUT2D eigenvalue weighted by molar-refractivity contribution is 4.91. The van der Waals surface area contributed by atoms with Crippen molar-refractivity contribution in [3.8, 4) is 0 Å².